The van der Waals surface area contributed by atoms with Gasteiger partial charge < -0.3 is 0 Å². The van der Waals surface area contributed by atoms with Crippen molar-refractivity contribution in [2.45, 2.75) is 26.2 Å². The third-order valence-corrected chi connectivity index (χ3v) is 3.13. The van der Waals surface area contributed by atoms with Crippen LogP contribution in [-0.2, 0) is 9.59 Å². The predicted molar refractivity (Wildman–Crippen MR) is 35.5 cm³/mol. The molecule has 0 aromatic rings. The maximum atomic E-state index is 11.1. The van der Waals surface area contributed by atoms with Crippen molar-refractivity contribution in [2.75, 3.05) is 0 Å². The van der Waals surface area contributed by atoms with Crippen LogP contribution in [0.4, 0.5) is 0 Å². The Kier molecular flexibility index (Phi) is 0.908. The van der Waals surface area contributed by atoms with Crippen molar-refractivity contribution in [3.8, 4) is 0 Å². The molecular weight excluding hydrogens is 128 g/mol. The zero-order valence-corrected chi connectivity index (χ0v) is 6.02. The highest BCUT2D eigenvalue weighted by molar-refractivity contribution is 6.12. The molecule has 2 aliphatic rings. The normalized spacial score (nSPS) is 45.1. The van der Waals surface area contributed by atoms with Crippen LogP contribution in [0, 0.1) is 11.3 Å². The van der Waals surface area contributed by atoms with Gasteiger partial charge in [0.25, 0.3) is 0 Å². The molecule has 2 saturated carbocycles. The van der Waals surface area contributed by atoms with Gasteiger partial charge in [-0.2, -0.15) is 0 Å². The number of carbonyl (C=O) groups is 2. The van der Waals surface area contributed by atoms with E-state index in [0.29, 0.717) is 18.8 Å². The summed E-state index contributed by atoms with van der Waals surface area (Å²) in [5.74, 6) is 0.737. The minimum absolute atomic E-state index is 0.167. The second-order valence-corrected chi connectivity index (χ2v) is 3.49. The van der Waals surface area contributed by atoms with Crippen LogP contribution in [0.1, 0.15) is 26.2 Å². The summed E-state index contributed by atoms with van der Waals surface area (Å²) in [5.41, 5.74) is -0.528. The van der Waals surface area contributed by atoms with Crippen molar-refractivity contribution in [3.63, 3.8) is 0 Å². The zero-order valence-electron chi connectivity index (χ0n) is 6.02. The van der Waals surface area contributed by atoms with Crippen molar-refractivity contribution in [3.05, 3.63) is 0 Å². The standard InChI is InChI=1S/C8H10O2/c1-8-5(4-7(8)10)2-3-6(8)9/h5H,2-4H2,1H3. The molecule has 2 nitrogen and oxygen atoms in total. The molecule has 2 fully saturated rings. The van der Waals surface area contributed by atoms with E-state index in [0.717, 1.165) is 6.42 Å². The summed E-state index contributed by atoms with van der Waals surface area (Å²) in [4.78, 5) is 22.2. The topological polar surface area (TPSA) is 34.1 Å². The molecule has 2 rings (SSSR count). The fraction of sp³-hybridized carbons (Fsp3) is 0.750. The lowest BCUT2D eigenvalue weighted by Gasteiger charge is -2.37. The van der Waals surface area contributed by atoms with Crippen LogP contribution < -0.4 is 0 Å². The van der Waals surface area contributed by atoms with E-state index >= 15 is 0 Å². The van der Waals surface area contributed by atoms with Crippen LogP contribution in [-0.4, -0.2) is 11.6 Å². The second-order valence-electron chi connectivity index (χ2n) is 3.49. The number of fused-ring (bicyclic) bond motifs is 1. The van der Waals surface area contributed by atoms with Gasteiger partial charge in [0.1, 0.15) is 11.6 Å². The molecule has 2 aliphatic carbocycles. The van der Waals surface area contributed by atoms with Gasteiger partial charge in [-0.05, 0) is 19.3 Å². The average molecular weight is 138 g/mol. The summed E-state index contributed by atoms with van der Waals surface area (Å²) in [6.45, 7) is 1.80. The van der Waals surface area contributed by atoms with Gasteiger partial charge in [-0.1, -0.05) is 0 Å². The maximum absolute atomic E-state index is 11.1. The first-order valence-electron chi connectivity index (χ1n) is 3.72. The molecule has 0 amide bonds. The average Bonchev–Trinajstić information content (AvgIpc) is 2.13. The van der Waals surface area contributed by atoms with Crippen LogP contribution in [0.5, 0.6) is 0 Å². The largest absolute Gasteiger partial charge is 0.299 e. The molecule has 0 heterocycles. The number of rotatable bonds is 0. The lowest BCUT2D eigenvalue weighted by atomic mass is 9.62. The van der Waals surface area contributed by atoms with Crippen LogP contribution >= 0.6 is 0 Å². The Morgan fingerprint density at radius 2 is 2.10 bits per heavy atom. The first-order chi connectivity index (χ1) is 4.65. The SMILES string of the molecule is CC12C(=O)CCC1CC2=O. The van der Waals surface area contributed by atoms with Crippen LogP contribution in [0.15, 0.2) is 0 Å². The Hall–Kier alpha value is -0.660. The summed E-state index contributed by atoms with van der Waals surface area (Å²) in [6.07, 6.45) is 2.23. The van der Waals surface area contributed by atoms with E-state index in [9.17, 15) is 9.59 Å². The van der Waals surface area contributed by atoms with Crippen LogP contribution in [0.3, 0.4) is 0 Å². The highest BCUT2D eigenvalue weighted by Gasteiger charge is 2.59. The van der Waals surface area contributed by atoms with E-state index in [2.05, 4.69) is 0 Å². The predicted octanol–water partition coefficient (Wildman–Crippen LogP) is 0.945. The summed E-state index contributed by atoms with van der Waals surface area (Å²) in [5, 5.41) is 0. The lowest BCUT2D eigenvalue weighted by molar-refractivity contribution is -0.149. The van der Waals surface area contributed by atoms with Crippen molar-refractivity contribution >= 4 is 11.6 Å². The Bertz CT molecular complexity index is 219. The quantitative estimate of drug-likeness (QED) is 0.467. The van der Waals surface area contributed by atoms with Gasteiger partial charge in [0.2, 0.25) is 0 Å². The van der Waals surface area contributed by atoms with Gasteiger partial charge in [0.05, 0.1) is 5.41 Å². The molecule has 2 atom stereocenters. The van der Waals surface area contributed by atoms with Crippen LogP contribution in [0.25, 0.3) is 0 Å². The zero-order chi connectivity index (χ0) is 7.35. The van der Waals surface area contributed by atoms with Crippen molar-refractivity contribution in [1.82, 2.24) is 0 Å². The Labute approximate surface area is 59.6 Å². The van der Waals surface area contributed by atoms with E-state index in [-0.39, 0.29) is 11.6 Å². The fourth-order valence-electron chi connectivity index (χ4n) is 2.08. The fourth-order valence-corrected chi connectivity index (χ4v) is 2.08. The first kappa shape index (κ1) is 6.08. The van der Waals surface area contributed by atoms with Gasteiger partial charge in [-0.15, -0.1) is 0 Å². The number of hydrogen-bond donors (Lipinski definition) is 0. The van der Waals surface area contributed by atoms with Gasteiger partial charge in [0, 0.05) is 12.8 Å². The Balaban J connectivity index is 2.37. The van der Waals surface area contributed by atoms with E-state index in [1.165, 1.54) is 0 Å². The molecule has 0 aliphatic heterocycles. The monoisotopic (exact) mass is 138 g/mol. The van der Waals surface area contributed by atoms with E-state index in [1.807, 2.05) is 0 Å². The van der Waals surface area contributed by atoms with E-state index in [1.54, 1.807) is 6.92 Å². The molecule has 0 aromatic carbocycles. The molecule has 0 bridgehead atoms. The van der Waals surface area contributed by atoms with Gasteiger partial charge in [0.15, 0.2) is 0 Å². The number of ketones is 2. The third-order valence-electron chi connectivity index (χ3n) is 3.13. The first-order valence-corrected chi connectivity index (χ1v) is 3.72. The molecule has 0 saturated heterocycles. The smallest absolute Gasteiger partial charge is 0.146 e. The van der Waals surface area contributed by atoms with Crippen LogP contribution in [0.2, 0.25) is 0 Å². The minimum atomic E-state index is -0.528. The summed E-state index contributed by atoms with van der Waals surface area (Å²) < 4.78 is 0. The van der Waals surface area contributed by atoms with Crippen molar-refractivity contribution in [2.24, 2.45) is 11.3 Å². The molecule has 0 spiro atoms. The third kappa shape index (κ3) is 0.425. The van der Waals surface area contributed by atoms with Gasteiger partial charge in [-0.3, -0.25) is 9.59 Å². The van der Waals surface area contributed by atoms with Gasteiger partial charge in [-0.25, -0.2) is 0 Å². The van der Waals surface area contributed by atoms with E-state index in [4.69, 9.17) is 0 Å². The van der Waals surface area contributed by atoms with Crippen molar-refractivity contribution < 1.29 is 9.59 Å². The molecule has 0 N–H and O–H groups in total. The number of carbonyl (C=O) groups excluding carboxylic acids is 2. The molecule has 0 radical (unpaired) electrons. The highest BCUT2D eigenvalue weighted by Crippen LogP contribution is 2.51. The maximum Gasteiger partial charge on any atom is 0.146 e. The molecule has 2 unspecified atom stereocenters. The molecule has 54 valence electrons. The minimum Gasteiger partial charge on any atom is -0.299 e. The highest BCUT2D eigenvalue weighted by atomic mass is 16.2. The molecule has 10 heavy (non-hydrogen) atoms. The summed E-state index contributed by atoms with van der Waals surface area (Å²) >= 11 is 0. The van der Waals surface area contributed by atoms with E-state index < -0.39 is 5.41 Å². The second kappa shape index (κ2) is 1.49. The van der Waals surface area contributed by atoms with Gasteiger partial charge >= 0.3 is 0 Å². The lowest BCUT2D eigenvalue weighted by Crippen LogP contribution is -2.48. The Morgan fingerprint density at radius 3 is 2.50 bits per heavy atom. The summed E-state index contributed by atoms with van der Waals surface area (Å²) in [6, 6.07) is 0. The molecule has 0 aromatic heterocycles. The Morgan fingerprint density at radius 1 is 1.40 bits per heavy atom. The van der Waals surface area contributed by atoms with Crippen molar-refractivity contribution in [1.29, 1.82) is 0 Å². The number of hydrogen-bond acceptors (Lipinski definition) is 2. The number of Topliss-reactive ketones (excluding diaryl/α,β-unsaturated/α-hetero) is 2. The molecule has 2 heteroatoms. The molecular formula is C8H10O2. The summed E-state index contributed by atoms with van der Waals surface area (Å²) in [7, 11) is 0.